The van der Waals surface area contributed by atoms with Gasteiger partial charge in [0.05, 0.1) is 6.10 Å². The zero-order valence-electron chi connectivity index (χ0n) is 15.3. The molecule has 1 aliphatic carbocycles. The van der Waals surface area contributed by atoms with Gasteiger partial charge < -0.3 is 15.3 Å². The lowest BCUT2D eigenvalue weighted by Gasteiger charge is -2.32. The van der Waals surface area contributed by atoms with Gasteiger partial charge in [0.25, 0.3) is 5.91 Å². The molecule has 1 amide bonds. The fourth-order valence-corrected chi connectivity index (χ4v) is 3.86. The van der Waals surface area contributed by atoms with Crippen molar-refractivity contribution >= 4 is 5.91 Å². The third-order valence-corrected chi connectivity index (χ3v) is 5.50. The van der Waals surface area contributed by atoms with Crippen molar-refractivity contribution in [1.29, 1.82) is 0 Å². The molecular formula is C20H31N3O2. The van der Waals surface area contributed by atoms with Crippen LogP contribution in [0.3, 0.4) is 0 Å². The van der Waals surface area contributed by atoms with Gasteiger partial charge in [0.15, 0.2) is 0 Å². The molecule has 1 heterocycles. The molecule has 25 heavy (non-hydrogen) atoms. The van der Waals surface area contributed by atoms with Crippen LogP contribution in [0.15, 0.2) is 24.3 Å². The summed E-state index contributed by atoms with van der Waals surface area (Å²) < 4.78 is 0. The number of nitrogens with one attached hydrogen (secondary N) is 1. The molecule has 1 aliphatic heterocycles. The molecule has 1 aromatic rings. The number of amides is 1. The minimum absolute atomic E-state index is 0.000269. The van der Waals surface area contributed by atoms with Crippen molar-refractivity contribution in [2.45, 2.75) is 38.3 Å². The highest BCUT2D eigenvalue weighted by atomic mass is 16.3. The molecule has 0 bridgehead atoms. The summed E-state index contributed by atoms with van der Waals surface area (Å²) in [6, 6.07) is 7.99. The highest BCUT2D eigenvalue weighted by Crippen LogP contribution is 2.23. The largest absolute Gasteiger partial charge is 0.393 e. The average molecular weight is 345 g/mol. The zero-order chi connectivity index (χ0) is 17.6. The number of benzene rings is 1. The molecule has 2 atom stereocenters. The zero-order valence-corrected chi connectivity index (χ0v) is 15.3. The van der Waals surface area contributed by atoms with E-state index in [2.05, 4.69) is 28.2 Å². The molecule has 2 aliphatic rings. The number of likely N-dealkylation sites (N-methyl/N-ethyl adjacent to an activating group) is 1. The van der Waals surface area contributed by atoms with Crippen LogP contribution in [0.4, 0.5) is 0 Å². The standard InChI is InChI=1S/C20H31N3O2/c1-22-8-10-23(11-9-22)15-17-5-2-6-18(12-17)20(25)21-14-16-4-3-7-19(24)13-16/h2,5-6,12,16,19,24H,3-4,7-11,13-15H2,1H3,(H,21,25). The van der Waals surface area contributed by atoms with E-state index in [4.69, 9.17) is 0 Å². The van der Waals surface area contributed by atoms with Crippen molar-refractivity contribution in [3.05, 3.63) is 35.4 Å². The van der Waals surface area contributed by atoms with Gasteiger partial charge in [-0.15, -0.1) is 0 Å². The second-order valence-corrected chi connectivity index (χ2v) is 7.68. The van der Waals surface area contributed by atoms with E-state index in [1.54, 1.807) is 0 Å². The molecule has 138 valence electrons. The lowest BCUT2D eigenvalue weighted by Crippen LogP contribution is -2.43. The number of aliphatic hydroxyl groups is 1. The summed E-state index contributed by atoms with van der Waals surface area (Å²) in [5.41, 5.74) is 1.94. The summed E-state index contributed by atoms with van der Waals surface area (Å²) in [7, 11) is 2.16. The van der Waals surface area contributed by atoms with Crippen molar-refractivity contribution in [2.75, 3.05) is 39.8 Å². The quantitative estimate of drug-likeness (QED) is 0.853. The normalized spacial score (nSPS) is 25.7. The van der Waals surface area contributed by atoms with Crippen LogP contribution >= 0.6 is 0 Å². The first kappa shape index (κ1) is 18.4. The number of rotatable bonds is 5. The third-order valence-electron chi connectivity index (χ3n) is 5.50. The summed E-state index contributed by atoms with van der Waals surface area (Å²) in [6.07, 6.45) is 3.67. The Kier molecular flexibility index (Phi) is 6.45. The summed E-state index contributed by atoms with van der Waals surface area (Å²) in [4.78, 5) is 17.3. The molecule has 0 spiro atoms. The Morgan fingerprint density at radius 2 is 2.04 bits per heavy atom. The second kappa shape index (κ2) is 8.79. The van der Waals surface area contributed by atoms with E-state index in [0.717, 1.165) is 64.0 Å². The van der Waals surface area contributed by atoms with Gasteiger partial charge in [0.1, 0.15) is 0 Å². The molecule has 1 saturated heterocycles. The topological polar surface area (TPSA) is 55.8 Å². The smallest absolute Gasteiger partial charge is 0.251 e. The highest BCUT2D eigenvalue weighted by molar-refractivity contribution is 5.94. The molecule has 1 aromatic carbocycles. The van der Waals surface area contributed by atoms with Gasteiger partial charge in [-0.2, -0.15) is 0 Å². The first-order valence-corrected chi connectivity index (χ1v) is 9.56. The lowest BCUT2D eigenvalue weighted by atomic mass is 9.87. The van der Waals surface area contributed by atoms with Crippen molar-refractivity contribution < 1.29 is 9.90 Å². The van der Waals surface area contributed by atoms with Crippen LogP contribution in [-0.4, -0.2) is 66.7 Å². The number of hydrogen-bond acceptors (Lipinski definition) is 4. The number of piperazine rings is 1. The summed E-state index contributed by atoms with van der Waals surface area (Å²) in [5, 5.41) is 12.8. The van der Waals surface area contributed by atoms with Gasteiger partial charge in [-0.25, -0.2) is 0 Å². The molecule has 5 heteroatoms. The Bertz CT molecular complexity index is 570. The maximum absolute atomic E-state index is 12.5. The van der Waals surface area contributed by atoms with Gasteiger partial charge in [-0.05, 0) is 49.9 Å². The van der Waals surface area contributed by atoms with E-state index in [-0.39, 0.29) is 12.0 Å². The Morgan fingerprint density at radius 1 is 1.24 bits per heavy atom. The molecule has 0 radical (unpaired) electrons. The van der Waals surface area contributed by atoms with Crippen molar-refractivity contribution in [3.8, 4) is 0 Å². The predicted octanol–water partition coefficient (Wildman–Crippen LogP) is 1.71. The van der Waals surface area contributed by atoms with Crippen LogP contribution in [0.25, 0.3) is 0 Å². The number of carbonyl (C=O) groups excluding carboxylic acids is 1. The third kappa shape index (κ3) is 5.53. The first-order chi connectivity index (χ1) is 12.1. The van der Waals surface area contributed by atoms with Gasteiger partial charge in [0, 0.05) is 44.8 Å². The van der Waals surface area contributed by atoms with E-state index >= 15 is 0 Å². The van der Waals surface area contributed by atoms with Crippen LogP contribution in [0.2, 0.25) is 0 Å². The van der Waals surface area contributed by atoms with Gasteiger partial charge in [-0.1, -0.05) is 18.6 Å². The van der Waals surface area contributed by atoms with Crippen molar-refractivity contribution in [1.82, 2.24) is 15.1 Å². The second-order valence-electron chi connectivity index (χ2n) is 7.68. The fraction of sp³-hybridized carbons (Fsp3) is 0.650. The molecular weight excluding hydrogens is 314 g/mol. The van der Waals surface area contributed by atoms with Crippen LogP contribution in [0.1, 0.15) is 41.6 Å². The Balaban J connectivity index is 1.50. The predicted molar refractivity (Wildman–Crippen MR) is 99.5 cm³/mol. The Hall–Kier alpha value is -1.43. The van der Waals surface area contributed by atoms with Gasteiger partial charge in [-0.3, -0.25) is 9.69 Å². The summed E-state index contributed by atoms with van der Waals surface area (Å²) in [6.45, 7) is 5.94. The van der Waals surface area contributed by atoms with Gasteiger partial charge in [0.2, 0.25) is 0 Å². The molecule has 2 unspecified atom stereocenters. The highest BCUT2D eigenvalue weighted by Gasteiger charge is 2.21. The number of nitrogens with zero attached hydrogens (tertiary/aromatic N) is 2. The van der Waals surface area contributed by atoms with E-state index in [1.807, 2.05) is 18.2 Å². The van der Waals surface area contributed by atoms with E-state index in [0.29, 0.717) is 12.5 Å². The maximum atomic E-state index is 12.5. The SMILES string of the molecule is CN1CCN(Cc2cccc(C(=O)NCC3CCCC(O)C3)c2)CC1. The van der Waals surface area contributed by atoms with Crippen LogP contribution in [0.5, 0.6) is 0 Å². The summed E-state index contributed by atoms with van der Waals surface area (Å²) >= 11 is 0. The minimum atomic E-state index is -0.192. The molecule has 0 aromatic heterocycles. The monoisotopic (exact) mass is 345 g/mol. The van der Waals surface area contributed by atoms with Crippen LogP contribution in [0, 0.1) is 5.92 Å². The number of aliphatic hydroxyl groups excluding tert-OH is 1. The van der Waals surface area contributed by atoms with E-state index in [1.165, 1.54) is 5.56 Å². The lowest BCUT2D eigenvalue weighted by molar-refractivity contribution is 0.0873. The average Bonchev–Trinajstić information content (AvgIpc) is 2.62. The van der Waals surface area contributed by atoms with E-state index in [9.17, 15) is 9.90 Å². The van der Waals surface area contributed by atoms with Crippen molar-refractivity contribution in [2.24, 2.45) is 5.92 Å². The molecule has 1 saturated carbocycles. The Labute approximate surface area is 151 Å². The minimum Gasteiger partial charge on any atom is -0.393 e. The Morgan fingerprint density at radius 3 is 2.80 bits per heavy atom. The molecule has 2 fully saturated rings. The van der Waals surface area contributed by atoms with Crippen LogP contribution < -0.4 is 5.32 Å². The number of hydrogen-bond donors (Lipinski definition) is 2. The molecule has 5 nitrogen and oxygen atoms in total. The number of carbonyl (C=O) groups is 1. The van der Waals surface area contributed by atoms with Crippen molar-refractivity contribution in [3.63, 3.8) is 0 Å². The van der Waals surface area contributed by atoms with E-state index < -0.39 is 0 Å². The van der Waals surface area contributed by atoms with Crippen LogP contribution in [-0.2, 0) is 6.54 Å². The maximum Gasteiger partial charge on any atom is 0.251 e. The molecule has 3 rings (SSSR count). The van der Waals surface area contributed by atoms with Gasteiger partial charge >= 0.3 is 0 Å². The molecule has 2 N–H and O–H groups in total. The summed E-state index contributed by atoms with van der Waals surface area (Å²) in [5.74, 6) is 0.404. The fourth-order valence-electron chi connectivity index (χ4n) is 3.86. The first-order valence-electron chi connectivity index (χ1n) is 9.56.